The van der Waals surface area contributed by atoms with Crippen LogP contribution in [0.25, 0.3) is 11.3 Å². The van der Waals surface area contributed by atoms with Gasteiger partial charge >= 0.3 is 6.01 Å². The zero-order valence-corrected chi connectivity index (χ0v) is 17.5. The average Bonchev–Trinajstić information content (AvgIpc) is 2.77. The predicted octanol–water partition coefficient (Wildman–Crippen LogP) is 4.56. The van der Waals surface area contributed by atoms with E-state index in [0.717, 1.165) is 22.8 Å². The van der Waals surface area contributed by atoms with Crippen molar-refractivity contribution in [3.05, 3.63) is 60.2 Å². The Morgan fingerprint density at radius 1 is 0.828 bits per heavy atom. The van der Waals surface area contributed by atoms with Crippen molar-refractivity contribution < 1.29 is 14.2 Å². The predicted molar refractivity (Wildman–Crippen MR) is 115 cm³/mol. The van der Waals surface area contributed by atoms with Crippen molar-refractivity contribution >= 4 is 5.82 Å². The van der Waals surface area contributed by atoms with E-state index in [-0.39, 0.29) is 5.41 Å². The van der Waals surface area contributed by atoms with E-state index in [9.17, 15) is 0 Å². The van der Waals surface area contributed by atoms with Crippen molar-refractivity contribution in [1.29, 1.82) is 0 Å². The van der Waals surface area contributed by atoms with Gasteiger partial charge in [-0.1, -0.05) is 38.1 Å². The molecule has 0 saturated carbocycles. The lowest BCUT2D eigenvalue weighted by atomic mass is 9.84. The molecule has 6 heteroatoms. The van der Waals surface area contributed by atoms with Crippen LogP contribution in [0.15, 0.2) is 54.6 Å². The van der Waals surface area contributed by atoms with Gasteiger partial charge in [0, 0.05) is 23.6 Å². The van der Waals surface area contributed by atoms with Crippen LogP contribution in [0, 0.1) is 0 Å². The smallest absolute Gasteiger partial charge is 0.318 e. The Balaban J connectivity index is 1.82. The van der Waals surface area contributed by atoms with Gasteiger partial charge in [0.2, 0.25) is 0 Å². The first kappa shape index (κ1) is 20.5. The molecular formula is C23H27N3O3. The molecule has 1 N–H and O–H groups in total. The summed E-state index contributed by atoms with van der Waals surface area (Å²) in [5.41, 5.74) is 2.79. The molecule has 0 saturated heterocycles. The highest BCUT2D eigenvalue weighted by Crippen LogP contribution is 2.28. The van der Waals surface area contributed by atoms with Gasteiger partial charge in [0.25, 0.3) is 0 Å². The van der Waals surface area contributed by atoms with Crippen molar-refractivity contribution in [3.8, 4) is 28.8 Å². The molecule has 2 aromatic carbocycles. The number of hydrogen-bond acceptors (Lipinski definition) is 6. The number of benzene rings is 2. The number of nitrogens with one attached hydrogen (secondary N) is 1. The molecule has 1 heterocycles. The summed E-state index contributed by atoms with van der Waals surface area (Å²) >= 11 is 0. The Kier molecular flexibility index (Phi) is 6.22. The van der Waals surface area contributed by atoms with Crippen LogP contribution >= 0.6 is 0 Å². The normalized spacial score (nSPS) is 11.1. The second kappa shape index (κ2) is 8.82. The van der Waals surface area contributed by atoms with Gasteiger partial charge in [0.1, 0.15) is 17.3 Å². The second-order valence-electron chi connectivity index (χ2n) is 7.32. The number of anilines is 1. The van der Waals surface area contributed by atoms with Crippen LogP contribution in [0.5, 0.6) is 17.5 Å². The van der Waals surface area contributed by atoms with Crippen molar-refractivity contribution in [1.82, 2.24) is 9.97 Å². The Hall–Kier alpha value is -3.28. The van der Waals surface area contributed by atoms with Crippen LogP contribution in [0.4, 0.5) is 5.82 Å². The van der Waals surface area contributed by atoms with Crippen molar-refractivity contribution in [2.75, 3.05) is 33.2 Å². The van der Waals surface area contributed by atoms with Gasteiger partial charge in [-0.15, -0.1) is 0 Å². The molecule has 0 aliphatic carbocycles. The summed E-state index contributed by atoms with van der Waals surface area (Å²) in [6, 6.07) is 18.1. The minimum atomic E-state index is -0.111. The molecule has 0 aliphatic heterocycles. The summed E-state index contributed by atoms with van der Waals surface area (Å²) in [7, 11) is 4.88. The molecule has 3 aromatic rings. The van der Waals surface area contributed by atoms with E-state index >= 15 is 0 Å². The first-order chi connectivity index (χ1) is 13.9. The third-order valence-electron chi connectivity index (χ3n) is 4.84. The minimum absolute atomic E-state index is 0.111. The molecule has 0 fully saturated rings. The van der Waals surface area contributed by atoms with E-state index in [4.69, 9.17) is 14.2 Å². The maximum atomic E-state index is 5.32. The number of ether oxygens (including phenoxy) is 3. The van der Waals surface area contributed by atoms with E-state index in [1.165, 1.54) is 5.56 Å². The summed E-state index contributed by atoms with van der Waals surface area (Å²) in [4.78, 5) is 8.92. The van der Waals surface area contributed by atoms with Crippen LogP contribution in [0.2, 0.25) is 0 Å². The van der Waals surface area contributed by atoms with Crippen molar-refractivity contribution in [2.45, 2.75) is 19.3 Å². The number of aromatic nitrogens is 2. The maximum absolute atomic E-state index is 5.32. The third kappa shape index (κ3) is 4.96. The van der Waals surface area contributed by atoms with Gasteiger partial charge in [-0.25, -0.2) is 0 Å². The van der Waals surface area contributed by atoms with Crippen molar-refractivity contribution in [3.63, 3.8) is 0 Å². The molecule has 0 atom stereocenters. The summed E-state index contributed by atoms with van der Waals surface area (Å²) in [5.74, 6) is 2.33. The topological polar surface area (TPSA) is 65.5 Å². The van der Waals surface area contributed by atoms with Gasteiger partial charge in [0.05, 0.1) is 27.0 Å². The molecule has 0 unspecified atom stereocenters. The lowest BCUT2D eigenvalue weighted by Gasteiger charge is -2.26. The second-order valence-corrected chi connectivity index (χ2v) is 7.32. The van der Waals surface area contributed by atoms with E-state index < -0.39 is 0 Å². The number of rotatable bonds is 8. The van der Waals surface area contributed by atoms with E-state index in [1.807, 2.05) is 42.5 Å². The molecule has 29 heavy (non-hydrogen) atoms. The molecule has 0 amide bonds. The third-order valence-corrected chi connectivity index (χ3v) is 4.84. The summed E-state index contributed by atoms with van der Waals surface area (Å²) in [6.45, 7) is 5.06. The molecule has 0 bridgehead atoms. The van der Waals surface area contributed by atoms with Gasteiger partial charge in [-0.2, -0.15) is 9.97 Å². The fourth-order valence-corrected chi connectivity index (χ4v) is 2.99. The van der Waals surface area contributed by atoms with Crippen LogP contribution in [0.1, 0.15) is 19.4 Å². The lowest BCUT2D eigenvalue weighted by molar-refractivity contribution is 0.380. The fourth-order valence-electron chi connectivity index (χ4n) is 2.99. The molecule has 1 aromatic heterocycles. The Bertz CT molecular complexity index is 956. The standard InChI is InChI=1S/C23H27N3O3/c1-23(2,17-9-11-18(27-3)12-10-17)15-24-21-14-20(25-22(26-21)29-5)16-7-6-8-19(13-16)28-4/h6-14H,15H2,1-5H3,(H,24,25,26). The quantitative estimate of drug-likeness (QED) is 0.605. The highest BCUT2D eigenvalue weighted by Gasteiger charge is 2.21. The Morgan fingerprint density at radius 3 is 2.21 bits per heavy atom. The Morgan fingerprint density at radius 2 is 1.55 bits per heavy atom. The highest BCUT2D eigenvalue weighted by atomic mass is 16.5. The lowest BCUT2D eigenvalue weighted by Crippen LogP contribution is -2.28. The summed E-state index contributed by atoms with van der Waals surface area (Å²) < 4.78 is 15.9. The van der Waals surface area contributed by atoms with Gasteiger partial charge < -0.3 is 19.5 Å². The van der Waals surface area contributed by atoms with Crippen LogP contribution < -0.4 is 19.5 Å². The van der Waals surface area contributed by atoms with Crippen LogP contribution in [-0.4, -0.2) is 37.8 Å². The van der Waals surface area contributed by atoms with E-state index in [1.54, 1.807) is 21.3 Å². The summed E-state index contributed by atoms with van der Waals surface area (Å²) in [6.07, 6.45) is 0. The fraction of sp³-hybridized carbons (Fsp3) is 0.304. The van der Waals surface area contributed by atoms with E-state index in [2.05, 4.69) is 41.3 Å². The van der Waals surface area contributed by atoms with E-state index in [0.29, 0.717) is 18.4 Å². The largest absolute Gasteiger partial charge is 0.497 e. The molecule has 152 valence electrons. The van der Waals surface area contributed by atoms with Crippen LogP contribution in [-0.2, 0) is 5.41 Å². The highest BCUT2D eigenvalue weighted by molar-refractivity contribution is 5.64. The minimum Gasteiger partial charge on any atom is -0.497 e. The van der Waals surface area contributed by atoms with Crippen molar-refractivity contribution in [2.24, 2.45) is 0 Å². The summed E-state index contributed by atoms with van der Waals surface area (Å²) in [5, 5.41) is 3.43. The SMILES string of the molecule is COc1ccc(C(C)(C)CNc2cc(-c3cccc(OC)c3)nc(OC)n2)cc1. The first-order valence-corrected chi connectivity index (χ1v) is 9.41. The first-order valence-electron chi connectivity index (χ1n) is 9.41. The van der Waals surface area contributed by atoms with Gasteiger partial charge in [-0.3, -0.25) is 0 Å². The Labute approximate surface area is 171 Å². The van der Waals surface area contributed by atoms with Gasteiger partial charge in [-0.05, 0) is 29.8 Å². The average molecular weight is 393 g/mol. The molecule has 6 nitrogen and oxygen atoms in total. The molecule has 0 spiro atoms. The molecule has 3 rings (SSSR count). The molecule has 0 radical (unpaired) electrons. The van der Waals surface area contributed by atoms with Crippen LogP contribution in [0.3, 0.4) is 0 Å². The molecule has 0 aliphatic rings. The maximum Gasteiger partial charge on any atom is 0.318 e. The van der Waals surface area contributed by atoms with Gasteiger partial charge in [0.15, 0.2) is 0 Å². The molecular weight excluding hydrogens is 366 g/mol. The number of methoxy groups -OCH3 is 3. The monoisotopic (exact) mass is 393 g/mol. The zero-order chi connectivity index (χ0) is 20.9. The zero-order valence-electron chi connectivity index (χ0n) is 17.5. The number of nitrogens with zero attached hydrogens (tertiary/aromatic N) is 2. The number of hydrogen-bond donors (Lipinski definition) is 1.